The van der Waals surface area contributed by atoms with Crippen LogP contribution in [0.1, 0.15) is 27.2 Å². The third-order valence-electron chi connectivity index (χ3n) is 5.18. The van der Waals surface area contributed by atoms with Crippen LogP contribution < -0.4 is 10.1 Å². The molecular weight excluding hydrogens is 497 g/mol. The molecule has 12 heteroatoms. The van der Waals surface area contributed by atoms with Gasteiger partial charge in [0.25, 0.3) is 0 Å². The maximum atomic E-state index is 14.1. The van der Waals surface area contributed by atoms with Crippen LogP contribution in [0, 0.1) is 11.6 Å². The zero-order chi connectivity index (χ0) is 26.6. The molecule has 37 heavy (non-hydrogen) atoms. The number of anilines is 1. The lowest BCUT2D eigenvalue weighted by molar-refractivity contribution is -0.137. The number of nitrogens with zero attached hydrogens (tertiary/aromatic N) is 4. The van der Waals surface area contributed by atoms with Gasteiger partial charge in [-0.1, -0.05) is 6.07 Å². The fourth-order valence-corrected chi connectivity index (χ4v) is 3.33. The van der Waals surface area contributed by atoms with Crippen molar-refractivity contribution in [2.75, 3.05) is 12.4 Å². The Labute approximate surface area is 207 Å². The van der Waals surface area contributed by atoms with Crippen LogP contribution in [0.3, 0.4) is 0 Å². The van der Waals surface area contributed by atoms with Gasteiger partial charge >= 0.3 is 6.18 Å². The molecule has 0 spiro atoms. The first-order valence-electron chi connectivity index (χ1n) is 10.7. The molecule has 1 N–H and O–H groups in total. The Balaban J connectivity index is 1.69. The number of hydrogen-bond donors (Lipinski definition) is 1. The number of carbonyl (C=O) groups excluding carboxylic acids is 1. The molecule has 190 valence electrons. The van der Waals surface area contributed by atoms with E-state index in [1.807, 2.05) is 0 Å². The van der Waals surface area contributed by atoms with E-state index in [1.54, 1.807) is 12.1 Å². The van der Waals surface area contributed by atoms with Gasteiger partial charge in [-0.3, -0.25) is 9.78 Å². The summed E-state index contributed by atoms with van der Waals surface area (Å²) in [6.45, 7) is -0.140. The van der Waals surface area contributed by atoms with Crippen molar-refractivity contribution >= 4 is 11.6 Å². The SMILES string of the molecule is COc1cc(CC(=O)c2cc(NCc3ccc(F)cc3F)nc(-c3cncc(C(F)(F)F)c3)n2)ccn1. The predicted molar refractivity (Wildman–Crippen MR) is 123 cm³/mol. The average molecular weight is 515 g/mol. The Kier molecular flexibility index (Phi) is 7.37. The number of rotatable bonds is 8. The lowest BCUT2D eigenvalue weighted by Gasteiger charge is -2.12. The van der Waals surface area contributed by atoms with Crippen LogP contribution in [-0.4, -0.2) is 32.8 Å². The van der Waals surface area contributed by atoms with E-state index in [9.17, 15) is 26.7 Å². The molecular formula is C25H18F5N5O2. The Hall–Kier alpha value is -4.48. The van der Waals surface area contributed by atoms with E-state index < -0.39 is 29.2 Å². The normalized spacial score (nSPS) is 11.3. The van der Waals surface area contributed by atoms with Crippen LogP contribution in [-0.2, 0) is 19.1 Å². The minimum Gasteiger partial charge on any atom is -0.481 e. The third kappa shape index (κ3) is 6.40. The summed E-state index contributed by atoms with van der Waals surface area (Å²) >= 11 is 0. The standard InChI is InChI=1S/C25H18F5N5O2/c1-37-23-7-14(4-5-32-23)6-21(36)20-10-22(33-12-15-2-3-18(26)9-19(15)27)35-24(34-20)16-8-17(13-31-11-16)25(28,29)30/h2-5,7-11,13H,6,12H2,1H3,(H,33,34,35). The monoisotopic (exact) mass is 515 g/mol. The van der Waals surface area contributed by atoms with Crippen molar-refractivity contribution in [1.29, 1.82) is 0 Å². The lowest BCUT2D eigenvalue weighted by Crippen LogP contribution is -2.12. The Morgan fingerprint density at radius 1 is 1.03 bits per heavy atom. The second kappa shape index (κ2) is 10.6. The molecule has 4 aromatic rings. The second-order valence-electron chi connectivity index (χ2n) is 7.82. The molecule has 1 aromatic carbocycles. The molecule has 0 atom stereocenters. The third-order valence-corrected chi connectivity index (χ3v) is 5.18. The van der Waals surface area contributed by atoms with Gasteiger partial charge in [-0.25, -0.2) is 23.7 Å². The molecule has 0 saturated heterocycles. The fourth-order valence-electron chi connectivity index (χ4n) is 3.33. The van der Waals surface area contributed by atoms with Crippen molar-refractivity contribution < 1.29 is 31.5 Å². The number of pyridine rings is 2. The highest BCUT2D eigenvalue weighted by Crippen LogP contribution is 2.31. The van der Waals surface area contributed by atoms with E-state index in [0.29, 0.717) is 23.7 Å². The molecule has 3 heterocycles. The average Bonchev–Trinajstić information content (AvgIpc) is 2.87. The largest absolute Gasteiger partial charge is 0.481 e. The van der Waals surface area contributed by atoms with Crippen LogP contribution in [0.2, 0.25) is 0 Å². The molecule has 0 aliphatic rings. The topological polar surface area (TPSA) is 89.9 Å². The molecule has 0 fully saturated rings. The lowest BCUT2D eigenvalue weighted by atomic mass is 10.1. The molecule has 0 radical (unpaired) electrons. The fraction of sp³-hybridized carbons (Fsp3) is 0.160. The number of Topliss-reactive ketones (excluding diaryl/α,β-unsaturated/α-hetero) is 1. The van der Waals surface area contributed by atoms with E-state index in [-0.39, 0.29) is 41.4 Å². The van der Waals surface area contributed by atoms with Gasteiger partial charge in [-0.15, -0.1) is 0 Å². The van der Waals surface area contributed by atoms with Crippen molar-refractivity contribution in [1.82, 2.24) is 19.9 Å². The molecule has 7 nitrogen and oxygen atoms in total. The second-order valence-corrected chi connectivity index (χ2v) is 7.82. The van der Waals surface area contributed by atoms with E-state index >= 15 is 0 Å². The van der Waals surface area contributed by atoms with Gasteiger partial charge in [0.15, 0.2) is 11.6 Å². The Morgan fingerprint density at radius 3 is 2.57 bits per heavy atom. The van der Waals surface area contributed by atoms with E-state index in [2.05, 4.69) is 25.3 Å². The van der Waals surface area contributed by atoms with E-state index in [0.717, 1.165) is 18.3 Å². The highest BCUT2D eigenvalue weighted by atomic mass is 19.4. The number of hydrogen-bond acceptors (Lipinski definition) is 7. The number of methoxy groups -OCH3 is 1. The van der Waals surface area contributed by atoms with E-state index in [1.165, 1.54) is 25.4 Å². The van der Waals surface area contributed by atoms with Gasteiger partial charge in [0.05, 0.1) is 12.7 Å². The molecule has 4 rings (SSSR count). The minimum atomic E-state index is -4.65. The summed E-state index contributed by atoms with van der Waals surface area (Å²) in [6.07, 6.45) is -1.51. The molecule has 0 saturated carbocycles. The van der Waals surface area contributed by atoms with Crippen LogP contribution >= 0.6 is 0 Å². The summed E-state index contributed by atoms with van der Waals surface area (Å²) in [5, 5.41) is 2.82. The molecule has 0 amide bonds. The van der Waals surface area contributed by atoms with Crippen molar-refractivity contribution in [2.45, 2.75) is 19.1 Å². The van der Waals surface area contributed by atoms with Crippen molar-refractivity contribution in [3.8, 4) is 17.3 Å². The van der Waals surface area contributed by atoms with Gasteiger partial charge in [-0.2, -0.15) is 13.2 Å². The number of carbonyl (C=O) groups is 1. The van der Waals surface area contributed by atoms with Crippen LogP contribution in [0.25, 0.3) is 11.4 Å². The van der Waals surface area contributed by atoms with Crippen molar-refractivity contribution in [2.24, 2.45) is 0 Å². The number of alkyl halides is 3. The smallest absolute Gasteiger partial charge is 0.417 e. The van der Waals surface area contributed by atoms with Crippen LogP contribution in [0.5, 0.6) is 5.88 Å². The van der Waals surface area contributed by atoms with Gasteiger partial charge in [0, 0.05) is 60.9 Å². The van der Waals surface area contributed by atoms with Crippen LogP contribution in [0.15, 0.2) is 61.1 Å². The first kappa shape index (κ1) is 25.6. The van der Waals surface area contributed by atoms with Gasteiger partial charge in [0.2, 0.25) is 5.88 Å². The Morgan fingerprint density at radius 2 is 1.84 bits per heavy atom. The summed E-state index contributed by atoms with van der Waals surface area (Å²) < 4.78 is 72.0. The summed E-state index contributed by atoms with van der Waals surface area (Å²) in [4.78, 5) is 29.0. The number of nitrogens with one attached hydrogen (secondary N) is 1. The van der Waals surface area contributed by atoms with Crippen molar-refractivity contribution in [3.05, 3.63) is 95.1 Å². The molecule has 0 aliphatic carbocycles. The Bertz CT molecular complexity index is 1450. The summed E-state index contributed by atoms with van der Waals surface area (Å²) in [6, 6.07) is 8.31. The number of benzene rings is 1. The zero-order valence-electron chi connectivity index (χ0n) is 19.2. The number of aromatic nitrogens is 4. The summed E-state index contributed by atoms with van der Waals surface area (Å²) in [7, 11) is 1.43. The summed E-state index contributed by atoms with van der Waals surface area (Å²) in [5.41, 5.74) is -0.511. The van der Waals surface area contributed by atoms with Crippen LogP contribution in [0.4, 0.5) is 27.8 Å². The maximum Gasteiger partial charge on any atom is 0.417 e. The molecule has 0 unspecified atom stereocenters. The zero-order valence-corrected chi connectivity index (χ0v) is 19.2. The first-order chi connectivity index (χ1) is 17.6. The minimum absolute atomic E-state index is 0.0433. The summed E-state index contributed by atoms with van der Waals surface area (Å²) in [5.74, 6) is -1.86. The quantitative estimate of drug-likeness (QED) is 0.252. The predicted octanol–water partition coefficient (Wildman–Crippen LogP) is 5.28. The van der Waals surface area contributed by atoms with Gasteiger partial charge in [-0.05, 0) is 23.8 Å². The molecule has 0 bridgehead atoms. The molecule has 3 aromatic heterocycles. The van der Waals surface area contributed by atoms with E-state index in [4.69, 9.17) is 4.74 Å². The highest BCUT2D eigenvalue weighted by molar-refractivity contribution is 5.96. The van der Waals surface area contributed by atoms with Gasteiger partial charge in [0.1, 0.15) is 23.1 Å². The number of ketones is 1. The molecule has 0 aliphatic heterocycles. The van der Waals surface area contributed by atoms with Gasteiger partial charge < -0.3 is 10.1 Å². The number of ether oxygens (including phenoxy) is 1. The maximum absolute atomic E-state index is 14.1. The number of halogens is 5. The highest BCUT2D eigenvalue weighted by Gasteiger charge is 2.31. The first-order valence-corrected chi connectivity index (χ1v) is 10.7. The van der Waals surface area contributed by atoms with Crippen molar-refractivity contribution in [3.63, 3.8) is 0 Å².